The first kappa shape index (κ1) is 41.9. The van der Waals surface area contributed by atoms with Crippen LogP contribution in [0.1, 0.15) is 43.2 Å². The van der Waals surface area contributed by atoms with E-state index in [4.69, 9.17) is 50.0 Å². The molecule has 5 unspecified atom stereocenters. The number of benzene rings is 1. The minimum absolute atomic E-state index is 0.0539. The van der Waals surface area contributed by atoms with Gasteiger partial charge in [-0.3, -0.25) is 24.1 Å². The Kier molecular flexibility index (Phi) is 13.1. The van der Waals surface area contributed by atoms with E-state index in [1.54, 1.807) is 26.1 Å². The predicted octanol–water partition coefficient (Wildman–Crippen LogP) is 3.45. The average molecular weight is 847 g/mol. The van der Waals surface area contributed by atoms with Gasteiger partial charge in [-0.25, -0.2) is 9.97 Å². The molecule has 3 amide bonds. The lowest BCUT2D eigenvalue weighted by molar-refractivity contribution is -0.173. The summed E-state index contributed by atoms with van der Waals surface area (Å²) in [6.45, 7) is 1.81. The molecule has 306 valence electrons. The molecule has 2 fully saturated rings. The first-order valence-electron chi connectivity index (χ1n) is 18.6. The fourth-order valence-electron chi connectivity index (χ4n) is 7.83. The highest BCUT2D eigenvalue weighted by molar-refractivity contribution is 6.33. The number of anilines is 4. The van der Waals surface area contributed by atoms with E-state index in [1.807, 2.05) is 12.1 Å². The lowest BCUT2D eigenvalue weighted by Gasteiger charge is -2.36. The van der Waals surface area contributed by atoms with E-state index in [-0.39, 0.29) is 58.1 Å². The van der Waals surface area contributed by atoms with Crippen LogP contribution < -0.4 is 31.7 Å². The van der Waals surface area contributed by atoms with E-state index in [9.17, 15) is 19.2 Å². The van der Waals surface area contributed by atoms with Gasteiger partial charge in [0.25, 0.3) is 5.91 Å². The molecule has 5 atom stereocenters. The zero-order chi connectivity index (χ0) is 41.0. The third-order valence-corrected chi connectivity index (χ3v) is 11.7. The number of esters is 1. The van der Waals surface area contributed by atoms with E-state index in [2.05, 4.69) is 46.1 Å². The SMILES string of the molecule is CNC(=O)C1(OC(=O)C2CCC(C(N)=O)C2Nc2nc(Cl)ncc2Cl)CCCC1Nc1nc(Nc2cc3c(cc2OC)CCN(CC(=O)N(C)C)CC3)ncc1Cl. The number of carbonyl (C=O) groups is 4. The Labute approximate surface area is 345 Å². The van der Waals surface area contributed by atoms with Crippen LogP contribution in [0.3, 0.4) is 0 Å². The summed E-state index contributed by atoms with van der Waals surface area (Å²) in [5, 5.41) is 12.5. The van der Waals surface area contributed by atoms with Crippen molar-refractivity contribution in [3.8, 4) is 5.75 Å². The van der Waals surface area contributed by atoms with Gasteiger partial charge >= 0.3 is 5.97 Å². The Balaban J connectivity index is 1.21. The van der Waals surface area contributed by atoms with Crippen molar-refractivity contribution in [3.63, 3.8) is 0 Å². The van der Waals surface area contributed by atoms with Crippen LogP contribution in [0.15, 0.2) is 24.5 Å². The zero-order valence-electron chi connectivity index (χ0n) is 32.0. The Morgan fingerprint density at radius 2 is 1.61 bits per heavy atom. The second kappa shape index (κ2) is 17.8. The maximum Gasteiger partial charge on any atom is 0.312 e. The number of carbonyl (C=O) groups excluding carboxylic acids is 4. The standard InChI is InChI=1S/C37H46Cl3N11O6/c1-42-34(55)37(57-33(54)22-8-7-21(30(41)53)29(22)47-32-23(38)16-43-35(40)48-32)11-5-6-27(37)46-31-24(39)17-44-36(49-31)45-25-14-19-9-12-51(18-28(52)50(2)3)13-10-20(19)15-26(25)56-4/h14-17,21-22,27,29H,5-13,18H2,1-4H3,(H2,41,53)(H,42,55)(H,43,47,48)(H2,44,45,46,49). The van der Waals surface area contributed by atoms with Crippen molar-refractivity contribution < 1.29 is 28.7 Å². The van der Waals surface area contributed by atoms with Gasteiger partial charge in [0.05, 0.1) is 55.7 Å². The Morgan fingerprint density at radius 1 is 0.947 bits per heavy atom. The van der Waals surface area contributed by atoms with Crippen LogP contribution in [-0.2, 0) is 36.8 Å². The lowest BCUT2D eigenvalue weighted by Crippen LogP contribution is -2.57. The number of nitrogens with zero attached hydrogens (tertiary/aromatic N) is 6. The molecule has 3 heterocycles. The van der Waals surface area contributed by atoms with Crippen LogP contribution in [0.4, 0.5) is 23.3 Å². The number of rotatable bonds is 13. The number of primary amides is 1. The van der Waals surface area contributed by atoms with Gasteiger partial charge in [0, 0.05) is 34.2 Å². The van der Waals surface area contributed by atoms with Gasteiger partial charge in [-0.15, -0.1) is 0 Å². The summed E-state index contributed by atoms with van der Waals surface area (Å²) in [5.74, 6) is -2.32. The Morgan fingerprint density at radius 3 is 2.28 bits per heavy atom. The third kappa shape index (κ3) is 9.21. The molecule has 3 aromatic rings. The molecule has 2 aliphatic carbocycles. The normalized spacial score (nSPS) is 23.1. The summed E-state index contributed by atoms with van der Waals surface area (Å²) in [6, 6.07) is 2.39. The number of ether oxygens (including phenoxy) is 2. The number of hydrogen-bond acceptors (Lipinski definition) is 14. The third-order valence-electron chi connectivity index (χ3n) is 10.9. The molecular formula is C37H46Cl3N11O6. The van der Waals surface area contributed by atoms with Crippen molar-refractivity contribution in [1.29, 1.82) is 0 Å². The molecule has 0 bridgehead atoms. The minimum Gasteiger partial charge on any atom is -0.495 e. The highest BCUT2D eigenvalue weighted by atomic mass is 35.5. The molecule has 6 rings (SSSR count). The van der Waals surface area contributed by atoms with Crippen LogP contribution in [-0.4, -0.2) is 119 Å². The number of fused-ring (bicyclic) bond motifs is 1. The maximum atomic E-state index is 14.1. The van der Waals surface area contributed by atoms with Crippen LogP contribution in [0.2, 0.25) is 15.3 Å². The highest BCUT2D eigenvalue weighted by Gasteiger charge is 2.55. The van der Waals surface area contributed by atoms with E-state index in [0.29, 0.717) is 30.8 Å². The molecular weight excluding hydrogens is 801 g/mol. The fraction of sp³-hybridized carbons (Fsp3) is 0.514. The van der Waals surface area contributed by atoms with E-state index in [1.165, 1.54) is 19.4 Å². The summed E-state index contributed by atoms with van der Waals surface area (Å²) in [4.78, 5) is 73.5. The molecule has 17 nitrogen and oxygen atoms in total. The number of aromatic nitrogens is 4. The molecule has 2 aromatic heterocycles. The van der Waals surface area contributed by atoms with Gasteiger partial charge in [-0.2, -0.15) is 9.97 Å². The van der Waals surface area contributed by atoms with Crippen molar-refractivity contribution in [2.24, 2.45) is 17.6 Å². The number of methoxy groups -OCH3 is 1. The number of halogens is 3. The van der Waals surface area contributed by atoms with Gasteiger partial charge < -0.3 is 41.4 Å². The first-order valence-corrected chi connectivity index (χ1v) is 19.7. The molecule has 20 heteroatoms. The summed E-state index contributed by atoms with van der Waals surface area (Å²) < 4.78 is 12.0. The highest BCUT2D eigenvalue weighted by Crippen LogP contribution is 2.41. The van der Waals surface area contributed by atoms with Gasteiger partial charge in [-0.05, 0) is 79.8 Å². The van der Waals surface area contributed by atoms with E-state index >= 15 is 0 Å². The summed E-state index contributed by atoms with van der Waals surface area (Å²) in [5.41, 5.74) is 6.96. The van der Waals surface area contributed by atoms with Crippen LogP contribution in [0, 0.1) is 11.8 Å². The number of amides is 3. The monoisotopic (exact) mass is 845 g/mol. The first-order chi connectivity index (χ1) is 27.2. The quantitative estimate of drug-likeness (QED) is 0.123. The molecule has 1 aliphatic heterocycles. The molecule has 0 spiro atoms. The Hall–Kier alpha value is -4.71. The largest absolute Gasteiger partial charge is 0.495 e. The van der Waals surface area contributed by atoms with Crippen LogP contribution in [0.5, 0.6) is 5.75 Å². The van der Waals surface area contributed by atoms with E-state index < -0.39 is 47.3 Å². The summed E-state index contributed by atoms with van der Waals surface area (Å²) in [6.07, 6.45) is 5.92. The average Bonchev–Trinajstić information content (AvgIpc) is 3.73. The summed E-state index contributed by atoms with van der Waals surface area (Å²) in [7, 11) is 6.55. The van der Waals surface area contributed by atoms with Crippen LogP contribution >= 0.6 is 34.8 Å². The van der Waals surface area contributed by atoms with Crippen molar-refractivity contribution in [3.05, 3.63) is 51.0 Å². The maximum absolute atomic E-state index is 14.1. The smallest absolute Gasteiger partial charge is 0.312 e. The number of nitrogens with two attached hydrogens (primary N) is 1. The van der Waals surface area contributed by atoms with Gasteiger partial charge in [0.15, 0.2) is 5.82 Å². The van der Waals surface area contributed by atoms with Gasteiger partial charge in [0.1, 0.15) is 21.6 Å². The van der Waals surface area contributed by atoms with Crippen molar-refractivity contribution in [2.75, 3.05) is 63.8 Å². The second-order valence-electron chi connectivity index (χ2n) is 14.6. The second-order valence-corrected chi connectivity index (χ2v) is 15.7. The molecule has 1 aromatic carbocycles. The minimum atomic E-state index is -1.66. The molecule has 6 N–H and O–H groups in total. The Bertz CT molecular complexity index is 2030. The number of nitrogens with one attached hydrogen (secondary N) is 4. The fourth-order valence-corrected chi connectivity index (χ4v) is 8.26. The predicted molar refractivity (Wildman–Crippen MR) is 215 cm³/mol. The van der Waals surface area contributed by atoms with E-state index in [0.717, 1.165) is 37.1 Å². The molecule has 57 heavy (non-hydrogen) atoms. The van der Waals surface area contributed by atoms with Gasteiger partial charge in [-0.1, -0.05) is 23.2 Å². The molecule has 3 aliphatic rings. The zero-order valence-corrected chi connectivity index (χ0v) is 34.3. The lowest BCUT2D eigenvalue weighted by atomic mass is 9.93. The molecule has 0 radical (unpaired) electrons. The summed E-state index contributed by atoms with van der Waals surface area (Å²) >= 11 is 18.9. The number of hydrogen-bond donors (Lipinski definition) is 5. The van der Waals surface area contributed by atoms with Crippen molar-refractivity contribution in [2.45, 2.75) is 62.6 Å². The number of likely N-dealkylation sites (N-methyl/N-ethyl adjacent to an activating group) is 2. The van der Waals surface area contributed by atoms with Crippen LogP contribution in [0.25, 0.3) is 0 Å². The van der Waals surface area contributed by atoms with Crippen molar-refractivity contribution >= 4 is 81.8 Å². The topological polar surface area (TPSA) is 219 Å². The molecule has 2 saturated carbocycles. The molecule has 0 saturated heterocycles. The van der Waals surface area contributed by atoms with Crippen molar-refractivity contribution in [1.82, 2.24) is 35.1 Å². The van der Waals surface area contributed by atoms with Gasteiger partial charge in [0.2, 0.25) is 28.6 Å².